The summed E-state index contributed by atoms with van der Waals surface area (Å²) in [5.41, 5.74) is 0. The molecular formula is C18H28N2O3S2. The Hall–Kier alpha value is -1.05. The Bertz CT molecular complexity index is 706. The number of thioether (sulfide) groups is 1. The van der Waals surface area contributed by atoms with Crippen molar-refractivity contribution in [2.24, 2.45) is 0 Å². The van der Waals surface area contributed by atoms with Crippen LogP contribution in [0.3, 0.4) is 0 Å². The van der Waals surface area contributed by atoms with Gasteiger partial charge in [-0.2, -0.15) is 0 Å². The minimum Gasteiger partial charge on any atom is -0.336 e. The molecule has 0 spiro atoms. The van der Waals surface area contributed by atoms with Gasteiger partial charge in [0.15, 0.2) is 9.84 Å². The molecule has 1 N–H and O–H groups in total. The van der Waals surface area contributed by atoms with E-state index < -0.39 is 9.84 Å². The lowest BCUT2D eigenvalue weighted by Gasteiger charge is -2.39. The first-order valence-electron chi connectivity index (χ1n) is 8.80. The molecule has 2 rings (SSSR count). The van der Waals surface area contributed by atoms with E-state index in [0.717, 1.165) is 6.54 Å². The van der Waals surface area contributed by atoms with Crippen LogP contribution in [0.1, 0.15) is 34.1 Å². The third-order valence-corrected chi connectivity index (χ3v) is 7.89. The molecule has 0 aliphatic carbocycles. The second kappa shape index (κ2) is 8.56. The summed E-state index contributed by atoms with van der Waals surface area (Å²) in [5.74, 6) is 0.188. The first-order chi connectivity index (χ1) is 11.8. The normalized spacial score (nSPS) is 22.6. The predicted molar refractivity (Wildman–Crippen MR) is 103 cm³/mol. The van der Waals surface area contributed by atoms with Crippen LogP contribution < -0.4 is 5.32 Å². The minimum atomic E-state index is -3.31. The summed E-state index contributed by atoms with van der Waals surface area (Å²) in [6, 6.07) is 7.37. The first-order valence-corrected chi connectivity index (χ1v) is 11.3. The maximum atomic E-state index is 12.9. The molecule has 5 nitrogen and oxygen atoms in total. The van der Waals surface area contributed by atoms with Gasteiger partial charge >= 0.3 is 0 Å². The van der Waals surface area contributed by atoms with Gasteiger partial charge in [-0.05, 0) is 39.3 Å². The van der Waals surface area contributed by atoms with Gasteiger partial charge in [-0.15, -0.1) is 11.8 Å². The summed E-state index contributed by atoms with van der Waals surface area (Å²) < 4.78 is 25.0. The molecule has 25 heavy (non-hydrogen) atoms. The zero-order chi connectivity index (χ0) is 18.6. The Morgan fingerprint density at radius 3 is 2.72 bits per heavy atom. The topological polar surface area (TPSA) is 66.5 Å². The molecule has 3 atom stereocenters. The van der Waals surface area contributed by atoms with Crippen LogP contribution in [0.4, 0.5) is 0 Å². The fraction of sp³-hybridized carbons (Fsp3) is 0.611. The molecule has 1 aromatic carbocycles. The molecule has 1 heterocycles. The van der Waals surface area contributed by atoms with Crippen molar-refractivity contribution >= 4 is 27.5 Å². The molecule has 0 aromatic heterocycles. The van der Waals surface area contributed by atoms with Crippen molar-refractivity contribution < 1.29 is 13.2 Å². The van der Waals surface area contributed by atoms with Crippen LogP contribution in [0.15, 0.2) is 34.1 Å². The van der Waals surface area contributed by atoms with Crippen LogP contribution in [-0.4, -0.2) is 55.4 Å². The Morgan fingerprint density at radius 2 is 2.04 bits per heavy atom. The number of nitrogens with one attached hydrogen (secondary N) is 1. The highest BCUT2D eigenvalue weighted by molar-refractivity contribution is 8.01. The SMILES string of the molecule is CCCS(=O)(=O)c1ccccc1SC(C)C(=O)N1CCNC(C)C1C. The second-order valence-electron chi connectivity index (χ2n) is 6.54. The Balaban J connectivity index is 2.18. The molecule has 3 unspecified atom stereocenters. The van der Waals surface area contributed by atoms with Gasteiger partial charge in [0.25, 0.3) is 0 Å². The van der Waals surface area contributed by atoms with Gasteiger partial charge < -0.3 is 10.2 Å². The highest BCUT2D eigenvalue weighted by Gasteiger charge is 2.31. The molecule has 1 fully saturated rings. The molecule has 1 aliphatic heterocycles. The predicted octanol–water partition coefficient (Wildman–Crippen LogP) is 2.56. The van der Waals surface area contributed by atoms with Crippen molar-refractivity contribution in [1.29, 1.82) is 0 Å². The Morgan fingerprint density at radius 1 is 1.36 bits per heavy atom. The van der Waals surface area contributed by atoms with Crippen LogP contribution in [0, 0.1) is 0 Å². The summed E-state index contributed by atoms with van der Waals surface area (Å²) in [7, 11) is -3.31. The summed E-state index contributed by atoms with van der Waals surface area (Å²) >= 11 is 1.34. The van der Waals surface area contributed by atoms with E-state index in [1.807, 2.05) is 31.7 Å². The molecule has 0 saturated carbocycles. The van der Waals surface area contributed by atoms with Gasteiger partial charge in [0.2, 0.25) is 5.91 Å². The maximum absolute atomic E-state index is 12.9. The fourth-order valence-electron chi connectivity index (χ4n) is 3.03. The van der Waals surface area contributed by atoms with Crippen LogP contribution in [0.5, 0.6) is 0 Å². The van der Waals surface area contributed by atoms with Crippen LogP contribution >= 0.6 is 11.8 Å². The van der Waals surface area contributed by atoms with E-state index in [0.29, 0.717) is 22.8 Å². The number of sulfone groups is 1. The second-order valence-corrected chi connectivity index (χ2v) is 10.0. The highest BCUT2D eigenvalue weighted by atomic mass is 32.2. The van der Waals surface area contributed by atoms with Crippen molar-refractivity contribution in [3.05, 3.63) is 24.3 Å². The molecule has 0 radical (unpaired) electrons. The molecule has 1 saturated heterocycles. The third-order valence-electron chi connectivity index (χ3n) is 4.63. The van der Waals surface area contributed by atoms with Crippen LogP contribution in [-0.2, 0) is 14.6 Å². The van der Waals surface area contributed by atoms with Crippen molar-refractivity contribution in [2.75, 3.05) is 18.8 Å². The van der Waals surface area contributed by atoms with E-state index in [4.69, 9.17) is 0 Å². The lowest BCUT2D eigenvalue weighted by atomic mass is 10.1. The molecule has 0 bridgehead atoms. The number of nitrogens with zero attached hydrogens (tertiary/aromatic N) is 1. The van der Waals surface area contributed by atoms with E-state index in [9.17, 15) is 13.2 Å². The lowest BCUT2D eigenvalue weighted by molar-refractivity contribution is -0.133. The van der Waals surface area contributed by atoms with E-state index >= 15 is 0 Å². The molecule has 1 amide bonds. The van der Waals surface area contributed by atoms with E-state index in [1.54, 1.807) is 18.2 Å². The number of carbonyl (C=O) groups excluding carboxylic acids is 1. The van der Waals surface area contributed by atoms with Crippen molar-refractivity contribution in [3.8, 4) is 0 Å². The van der Waals surface area contributed by atoms with Gasteiger partial charge in [-0.1, -0.05) is 19.1 Å². The average molecular weight is 385 g/mol. The van der Waals surface area contributed by atoms with Gasteiger partial charge in [0, 0.05) is 30.1 Å². The third kappa shape index (κ3) is 4.77. The van der Waals surface area contributed by atoms with Crippen LogP contribution in [0.2, 0.25) is 0 Å². The number of piperazine rings is 1. The van der Waals surface area contributed by atoms with Crippen molar-refractivity contribution in [3.63, 3.8) is 0 Å². The molecule has 140 valence electrons. The van der Waals surface area contributed by atoms with E-state index in [1.165, 1.54) is 11.8 Å². The molecule has 7 heteroatoms. The quantitative estimate of drug-likeness (QED) is 0.764. The smallest absolute Gasteiger partial charge is 0.236 e. The van der Waals surface area contributed by atoms with Crippen LogP contribution in [0.25, 0.3) is 0 Å². The van der Waals surface area contributed by atoms with Gasteiger partial charge in [0.05, 0.1) is 15.9 Å². The summed E-state index contributed by atoms with van der Waals surface area (Å²) in [6.07, 6.45) is 0.575. The molecule has 1 aromatic rings. The molecule has 1 aliphatic rings. The number of carbonyl (C=O) groups is 1. The number of benzene rings is 1. The lowest BCUT2D eigenvalue weighted by Crippen LogP contribution is -2.58. The molecular weight excluding hydrogens is 356 g/mol. The van der Waals surface area contributed by atoms with Gasteiger partial charge in [-0.3, -0.25) is 4.79 Å². The summed E-state index contributed by atoms with van der Waals surface area (Å²) in [5, 5.41) is 3.04. The summed E-state index contributed by atoms with van der Waals surface area (Å²) in [6.45, 7) is 9.31. The van der Waals surface area contributed by atoms with Crippen molar-refractivity contribution in [1.82, 2.24) is 10.2 Å². The van der Waals surface area contributed by atoms with E-state index in [2.05, 4.69) is 12.2 Å². The number of amides is 1. The maximum Gasteiger partial charge on any atom is 0.236 e. The van der Waals surface area contributed by atoms with Gasteiger partial charge in [0.1, 0.15) is 0 Å². The largest absolute Gasteiger partial charge is 0.336 e. The average Bonchev–Trinajstić information content (AvgIpc) is 2.57. The van der Waals surface area contributed by atoms with Gasteiger partial charge in [-0.25, -0.2) is 8.42 Å². The number of hydrogen-bond donors (Lipinski definition) is 1. The standard InChI is InChI=1S/C18H28N2O3S2/c1-5-12-25(22,23)17-9-7-6-8-16(17)24-15(4)18(21)20-11-10-19-13(2)14(20)3/h6-9,13-15,19H,5,10-12H2,1-4H3. The highest BCUT2D eigenvalue weighted by Crippen LogP contribution is 2.32. The summed E-state index contributed by atoms with van der Waals surface area (Å²) in [4.78, 5) is 15.8. The Kier molecular flexibility index (Phi) is 6.93. The fourth-order valence-corrected chi connectivity index (χ4v) is 5.93. The Labute approximate surface area is 155 Å². The first kappa shape index (κ1) is 20.3. The zero-order valence-corrected chi connectivity index (χ0v) is 17.0. The van der Waals surface area contributed by atoms with Crippen molar-refractivity contribution in [2.45, 2.75) is 61.2 Å². The van der Waals surface area contributed by atoms with E-state index in [-0.39, 0.29) is 29.0 Å². The monoisotopic (exact) mass is 384 g/mol. The minimum absolute atomic E-state index is 0.0635. The number of hydrogen-bond acceptors (Lipinski definition) is 5. The zero-order valence-electron chi connectivity index (χ0n) is 15.4. The number of rotatable bonds is 6.